The molecule has 1 fully saturated rings. The number of ether oxygens (including phenoxy) is 1. The van der Waals surface area contributed by atoms with E-state index < -0.39 is 6.10 Å². The van der Waals surface area contributed by atoms with Crippen molar-refractivity contribution in [3.8, 4) is 5.75 Å². The molecule has 0 aromatic heterocycles. The summed E-state index contributed by atoms with van der Waals surface area (Å²) in [7, 11) is 0. The van der Waals surface area contributed by atoms with Gasteiger partial charge in [-0.25, -0.2) is 0 Å². The highest BCUT2D eigenvalue weighted by molar-refractivity contribution is 5.97. The molecule has 2 aromatic rings. The molecule has 5 nitrogen and oxygen atoms in total. The molecule has 0 spiro atoms. The number of rotatable bonds is 6. The Morgan fingerprint density at radius 3 is 2.56 bits per heavy atom. The lowest BCUT2D eigenvalue weighted by atomic mass is 10.2. The van der Waals surface area contributed by atoms with Crippen LogP contribution in [0.3, 0.4) is 0 Å². The van der Waals surface area contributed by atoms with Crippen LogP contribution < -0.4 is 15.0 Å². The van der Waals surface area contributed by atoms with Crippen molar-refractivity contribution >= 4 is 17.3 Å². The van der Waals surface area contributed by atoms with Crippen LogP contribution in [0, 0.1) is 6.92 Å². The van der Waals surface area contributed by atoms with Crippen molar-refractivity contribution in [1.29, 1.82) is 0 Å². The van der Waals surface area contributed by atoms with E-state index in [4.69, 9.17) is 4.74 Å². The Kier molecular flexibility index (Phi) is 6.35. The molecule has 1 amide bonds. The molecule has 2 aromatic carbocycles. The fraction of sp³-hybridized carbons (Fsp3) is 0.409. The van der Waals surface area contributed by atoms with Crippen molar-refractivity contribution in [3.63, 3.8) is 0 Å². The largest absolute Gasteiger partial charge is 0.481 e. The molecular formula is C22H29N3O2. The van der Waals surface area contributed by atoms with E-state index in [1.807, 2.05) is 49.4 Å². The van der Waals surface area contributed by atoms with Gasteiger partial charge in [-0.2, -0.15) is 0 Å². The van der Waals surface area contributed by atoms with Crippen LogP contribution in [0.2, 0.25) is 0 Å². The molecule has 1 aliphatic rings. The van der Waals surface area contributed by atoms with Crippen LogP contribution >= 0.6 is 0 Å². The molecule has 0 bridgehead atoms. The number of amides is 1. The van der Waals surface area contributed by atoms with Gasteiger partial charge in [0.15, 0.2) is 6.10 Å². The third-order valence-corrected chi connectivity index (χ3v) is 4.99. The average molecular weight is 367 g/mol. The van der Waals surface area contributed by atoms with Gasteiger partial charge in [0.25, 0.3) is 5.91 Å². The summed E-state index contributed by atoms with van der Waals surface area (Å²) in [6, 6.07) is 15.7. The predicted octanol–water partition coefficient (Wildman–Crippen LogP) is 3.54. The van der Waals surface area contributed by atoms with Gasteiger partial charge in [0.05, 0.1) is 11.4 Å². The second-order valence-corrected chi connectivity index (χ2v) is 7.00. The fourth-order valence-electron chi connectivity index (χ4n) is 3.34. The number of nitrogens with zero attached hydrogens (tertiary/aromatic N) is 2. The van der Waals surface area contributed by atoms with Gasteiger partial charge in [0.2, 0.25) is 0 Å². The second-order valence-electron chi connectivity index (χ2n) is 7.00. The summed E-state index contributed by atoms with van der Waals surface area (Å²) in [4.78, 5) is 17.5. The molecule has 5 heteroatoms. The maximum absolute atomic E-state index is 12.7. The summed E-state index contributed by atoms with van der Waals surface area (Å²) in [5, 5.41) is 3.05. The Bertz CT molecular complexity index is 770. The molecule has 0 radical (unpaired) electrons. The number of nitrogens with one attached hydrogen (secondary N) is 1. The van der Waals surface area contributed by atoms with E-state index in [0.29, 0.717) is 5.75 Å². The van der Waals surface area contributed by atoms with Crippen molar-refractivity contribution < 1.29 is 9.53 Å². The van der Waals surface area contributed by atoms with Crippen molar-refractivity contribution in [2.75, 3.05) is 42.9 Å². The minimum atomic E-state index is -0.572. The molecule has 27 heavy (non-hydrogen) atoms. The van der Waals surface area contributed by atoms with Crippen molar-refractivity contribution in [1.82, 2.24) is 4.90 Å². The summed E-state index contributed by atoms with van der Waals surface area (Å²) in [5.41, 5.74) is 3.02. The van der Waals surface area contributed by atoms with Gasteiger partial charge in [-0.15, -0.1) is 0 Å². The standard InChI is InChI=1S/C22H29N3O2/c1-4-24-12-14-25(15-13-24)21-11-6-5-10-20(21)23-22(26)18(3)27-19-9-7-8-17(2)16-19/h5-11,16,18H,4,12-15H2,1-3H3,(H,23,26)/t18-/m1/s1. The molecule has 0 unspecified atom stereocenters. The summed E-state index contributed by atoms with van der Waals surface area (Å²) in [6.07, 6.45) is -0.572. The molecule has 1 saturated heterocycles. The average Bonchev–Trinajstić information content (AvgIpc) is 2.68. The minimum absolute atomic E-state index is 0.142. The minimum Gasteiger partial charge on any atom is -0.481 e. The topological polar surface area (TPSA) is 44.8 Å². The zero-order valence-corrected chi connectivity index (χ0v) is 16.4. The highest BCUT2D eigenvalue weighted by Gasteiger charge is 2.21. The summed E-state index contributed by atoms with van der Waals surface area (Å²) in [5.74, 6) is 0.567. The van der Waals surface area contributed by atoms with Gasteiger partial charge in [-0.1, -0.05) is 31.2 Å². The van der Waals surface area contributed by atoms with E-state index in [9.17, 15) is 4.79 Å². The molecule has 3 rings (SSSR count). The number of hydrogen-bond donors (Lipinski definition) is 1. The number of aryl methyl sites for hydroxylation is 1. The van der Waals surface area contributed by atoms with Crippen LogP contribution in [-0.4, -0.2) is 49.6 Å². The summed E-state index contributed by atoms with van der Waals surface area (Å²) < 4.78 is 5.81. The zero-order chi connectivity index (χ0) is 19.2. The third kappa shape index (κ3) is 5.01. The number of benzene rings is 2. The fourth-order valence-corrected chi connectivity index (χ4v) is 3.34. The Balaban J connectivity index is 1.65. The van der Waals surface area contributed by atoms with Crippen LogP contribution in [-0.2, 0) is 4.79 Å². The molecule has 1 heterocycles. The maximum atomic E-state index is 12.7. The molecule has 1 N–H and O–H groups in total. The Hall–Kier alpha value is -2.53. The third-order valence-electron chi connectivity index (χ3n) is 4.99. The normalized spacial score (nSPS) is 16.0. The number of anilines is 2. The molecule has 1 atom stereocenters. The smallest absolute Gasteiger partial charge is 0.265 e. The lowest BCUT2D eigenvalue weighted by Crippen LogP contribution is -2.46. The van der Waals surface area contributed by atoms with Gasteiger partial charge < -0.3 is 19.9 Å². The van der Waals surface area contributed by atoms with Crippen LogP contribution in [0.15, 0.2) is 48.5 Å². The lowest BCUT2D eigenvalue weighted by molar-refractivity contribution is -0.122. The van der Waals surface area contributed by atoms with Crippen molar-refractivity contribution in [3.05, 3.63) is 54.1 Å². The highest BCUT2D eigenvalue weighted by atomic mass is 16.5. The van der Waals surface area contributed by atoms with E-state index in [0.717, 1.165) is 49.7 Å². The Labute approximate surface area is 161 Å². The van der Waals surface area contributed by atoms with Crippen LogP contribution in [0.5, 0.6) is 5.75 Å². The van der Waals surface area contributed by atoms with Gasteiger partial charge >= 0.3 is 0 Å². The SMILES string of the molecule is CCN1CCN(c2ccccc2NC(=O)[C@@H](C)Oc2cccc(C)c2)CC1. The quantitative estimate of drug-likeness (QED) is 0.848. The highest BCUT2D eigenvalue weighted by Crippen LogP contribution is 2.27. The van der Waals surface area contributed by atoms with Crippen LogP contribution in [0.1, 0.15) is 19.4 Å². The van der Waals surface area contributed by atoms with Crippen molar-refractivity contribution in [2.24, 2.45) is 0 Å². The first-order chi connectivity index (χ1) is 13.1. The van der Waals surface area contributed by atoms with Crippen LogP contribution in [0.4, 0.5) is 11.4 Å². The Morgan fingerprint density at radius 1 is 1.11 bits per heavy atom. The second kappa shape index (κ2) is 8.91. The van der Waals surface area contributed by atoms with Gasteiger partial charge in [-0.05, 0) is 50.2 Å². The lowest BCUT2D eigenvalue weighted by Gasteiger charge is -2.36. The predicted molar refractivity (Wildman–Crippen MR) is 111 cm³/mol. The first kappa shape index (κ1) is 19.2. The van der Waals surface area contributed by atoms with Gasteiger partial charge in [0.1, 0.15) is 5.75 Å². The van der Waals surface area contributed by atoms with Gasteiger partial charge in [0, 0.05) is 26.2 Å². The Morgan fingerprint density at radius 2 is 1.85 bits per heavy atom. The monoisotopic (exact) mass is 367 g/mol. The number of likely N-dealkylation sites (N-methyl/N-ethyl adjacent to an activating group) is 1. The molecule has 0 aliphatic carbocycles. The van der Waals surface area contributed by atoms with E-state index in [-0.39, 0.29) is 5.91 Å². The van der Waals surface area contributed by atoms with E-state index in [2.05, 4.69) is 28.1 Å². The number of hydrogen-bond acceptors (Lipinski definition) is 4. The van der Waals surface area contributed by atoms with E-state index in [1.54, 1.807) is 6.92 Å². The molecule has 144 valence electrons. The number of carbonyl (C=O) groups is 1. The first-order valence-corrected chi connectivity index (χ1v) is 9.67. The molecule has 0 saturated carbocycles. The maximum Gasteiger partial charge on any atom is 0.265 e. The summed E-state index contributed by atoms with van der Waals surface area (Å²) in [6.45, 7) is 11.1. The van der Waals surface area contributed by atoms with Gasteiger partial charge in [-0.3, -0.25) is 4.79 Å². The van der Waals surface area contributed by atoms with Crippen LogP contribution in [0.25, 0.3) is 0 Å². The number of carbonyl (C=O) groups excluding carboxylic acids is 1. The first-order valence-electron chi connectivity index (χ1n) is 9.67. The molecule has 1 aliphatic heterocycles. The number of piperazine rings is 1. The van der Waals surface area contributed by atoms with E-state index >= 15 is 0 Å². The molecular weight excluding hydrogens is 338 g/mol. The number of para-hydroxylation sites is 2. The zero-order valence-electron chi connectivity index (χ0n) is 16.4. The van der Waals surface area contributed by atoms with Crippen molar-refractivity contribution in [2.45, 2.75) is 26.9 Å². The summed E-state index contributed by atoms with van der Waals surface area (Å²) >= 11 is 0. The van der Waals surface area contributed by atoms with E-state index in [1.165, 1.54) is 0 Å².